The van der Waals surface area contributed by atoms with Gasteiger partial charge in [-0.1, -0.05) is 24.3 Å². The Morgan fingerprint density at radius 2 is 1.66 bits per heavy atom. The van der Waals surface area contributed by atoms with E-state index in [1.165, 1.54) is 12.0 Å². The summed E-state index contributed by atoms with van der Waals surface area (Å²) in [6.45, 7) is 3.06. The SMILES string of the molecule is COc1cc(NC(=O)Nc2ccccc2C)ccc1CC(=O)N1CCCN(C(=O)NC(CCC(=O)O)C(=O)O)CC1. The highest BCUT2D eigenvalue weighted by Crippen LogP contribution is 2.25. The molecule has 0 spiro atoms. The summed E-state index contributed by atoms with van der Waals surface area (Å²) in [7, 11) is 1.48. The maximum Gasteiger partial charge on any atom is 0.326 e. The molecule has 0 bridgehead atoms. The molecule has 13 nitrogen and oxygen atoms in total. The second-order valence-electron chi connectivity index (χ2n) is 9.59. The molecule has 0 aromatic heterocycles. The third-order valence-electron chi connectivity index (χ3n) is 6.66. The van der Waals surface area contributed by atoms with E-state index in [0.717, 1.165) is 5.56 Å². The van der Waals surface area contributed by atoms with E-state index in [2.05, 4.69) is 16.0 Å². The maximum absolute atomic E-state index is 13.1. The van der Waals surface area contributed by atoms with Crippen molar-refractivity contribution < 1.29 is 38.9 Å². The van der Waals surface area contributed by atoms with Crippen LogP contribution in [0.5, 0.6) is 5.75 Å². The van der Waals surface area contributed by atoms with Gasteiger partial charge in [0.15, 0.2) is 0 Å². The van der Waals surface area contributed by atoms with E-state index >= 15 is 0 Å². The fourth-order valence-electron chi connectivity index (χ4n) is 4.38. The number of carboxylic acid groups (broad SMARTS) is 2. The average Bonchev–Trinajstić information content (AvgIpc) is 3.19. The number of aliphatic carboxylic acids is 2. The lowest BCUT2D eigenvalue weighted by atomic mass is 10.1. The Bertz CT molecular complexity index is 1280. The number of para-hydroxylation sites is 1. The van der Waals surface area contributed by atoms with E-state index in [-0.39, 0.29) is 38.3 Å². The second kappa shape index (κ2) is 14.5. The van der Waals surface area contributed by atoms with Crippen LogP contribution in [0.3, 0.4) is 0 Å². The molecule has 1 unspecified atom stereocenters. The van der Waals surface area contributed by atoms with Crippen LogP contribution in [0.15, 0.2) is 42.5 Å². The molecular weight excluding hydrogens is 534 g/mol. The van der Waals surface area contributed by atoms with Gasteiger partial charge in [-0.15, -0.1) is 0 Å². The number of nitrogens with zero attached hydrogens (tertiary/aromatic N) is 2. The van der Waals surface area contributed by atoms with Crippen LogP contribution in [0.2, 0.25) is 0 Å². The molecule has 0 aliphatic carbocycles. The van der Waals surface area contributed by atoms with Crippen molar-refractivity contribution in [2.75, 3.05) is 43.9 Å². The van der Waals surface area contributed by atoms with Crippen molar-refractivity contribution in [3.8, 4) is 5.75 Å². The van der Waals surface area contributed by atoms with Gasteiger partial charge in [-0.3, -0.25) is 9.59 Å². The number of amides is 5. The van der Waals surface area contributed by atoms with E-state index in [0.29, 0.717) is 42.2 Å². The minimum absolute atomic E-state index is 0.0430. The molecule has 1 aliphatic rings. The minimum Gasteiger partial charge on any atom is -0.496 e. The Hall–Kier alpha value is -4.81. The molecule has 13 heteroatoms. The van der Waals surface area contributed by atoms with Crippen LogP contribution >= 0.6 is 0 Å². The Balaban J connectivity index is 1.56. The number of anilines is 2. The van der Waals surface area contributed by atoms with Gasteiger partial charge in [0.25, 0.3) is 0 Å². The monoisotopic (exact) mass is 569 g/mol. The van der Waals surface area contributed by atoms with Crippen molar-refractivity contribution in [2.24, 2.45) is 0 Å². The number of hydrogen-bond acceptors (Lipinski definition) is 6. The first-order chi connectivity index (χ1) is 19.6. The second-order valence-corrected chi connectivity index (χ2v) is 9.59. The summed E-state index contributed by atoms with van der Waals surface area (Å²) < 4.78 is 5.47. The lowest BCUT2D eigenvalue weighted by Gasteiger charge is -2.24. The topological polar surface area (TPSA) is 178 Å². The molecule has 1 heterocycles. The molecule has 1 saturated heterocycles. The zero-order valence-corrected chi connectivity index (χ0v) is 23.0. The van der Waals surface area contributed by atoms with Crippen LogP contribution in [0, 0.1) is 6.92 Å². The fraction of sp³-hybridized carbons (Fsp3) is 0.393. The lowest BCUT2D eigenvalue weighted by molar-refractivity contribution is -0.140. The lowest BCUT2D eigenvalue weighted by Crippen LogP contribution is -2.49. The van der Waals surface area contributed by atoms with Crippen LogP contribution in [-0.2, 0) is 20.8 Å². The summed E-state index contributed by atoms with van der Waals surface area (Å²) >= 11 is 0. The van der Waals surface area contributed by atoms with E-state index in [1.807, 2.05) is 25.1 Å². The quantitative estimate of drug-likeness (QED) is 0.290. The molecular formula is C28H35N5O8. The van der Waals surface area contributed by atoms with Crippen molar-refractivity contribution in [3.05, 3.63) is 53.6 Å². The number of benzene rings is 2. The third-order valence-corrected chi connectivity index (χ3v) is 6.66. The molecule has 41 heavy (non-hydrogen) atoms. The number of methoxy groups -OCH3 is 1. The van der Waals surface area contributed by atoms with E-state index < -0.39 is 30.0 Å². The van der Waals surface area contributed by atoms with Gasteiger partial charge in [-0.2, -0.15) is 0 Å². The molecule has 1 fully saturated rings. The molecule has 2 aromatic rings. The number of nitrogens with one attached hydrogen (secondary N) is 3. The third kappa shape index (κ3) is 9.12. The van der Waals surface area contributed by atoms with Gasteiger partial charge >= 0.3 is 24.0 Å². The number of hydrogen-bond donors (Lipinski definition) is 5. The molecule has 0 saturated carbocycles. The zero-order chi connectivity index (χ0) is 29.9. The van der Waals surface area contributed by atoms with E-state index in [1.54, 1.807) is 29.2 Å². The van der Waals surface area contributed by atoms with Crippen LogP contribution in [0.1, 0.15) is 30.4 Å². The summed E-state index contributed by atoms with van der Waals surface area (Å²) in [4.78, 5) is 63.5. The van der Waals surface area contributed by atoms with Crippen LogP contribution < -0.4 is 20.7 Å². The number of carbonyl (C=O) groups excluding carboxylic acids is 3. The fourth-order valence-corrected chi connectivity index (χ4v) is 4.38. The molecule has 1 aliphatic heterocycles. The molecule has 1 atom stereocenters. The molecule has 2 aromatic carbocycles. The summed E-state index contributed by atoms with van der Waals surface area (Å²) in [5.41, 5.74) is 2.73. The Morgan fingerprint density at radius 1 is 0.951 bits per heavy atom. The highest BCUT2D eigenvalue weighted by molar-refractivity contribution is 6.00. The van der Waals surface area contributed by atoms with E-state index in [9.17, 15) is 29.1 Å². The van der Waals surface area contributed by atoms with Gasteiger partial charge in [0.1, 0.15) is 11.8 Å². The standard InChI is InChI=1S/C28H35N5O8/c1-18-6-3-4-7-21(18)30-27(39)29-20-9-8-19(23(17-20)41-2)16-24(34)32-12-5-13-33(15-14-32)28(40)31-22(26(37)38)10-11-25(35)36/h3-4,6-9,17,22H,5,10-16H2,1-2H3,(H,31,40)(H,35,36)(H,37,38)(H2,29,30,39). The normalized spacial score (nSPS) is 13.9. The molecule has 5 amide bonds. The summed E-state index contributed by atoms with van der Waals surface area (Å²) in [6, 6.07) is 10.1. The average molecular weight is 570 g/mol. The zero-order valence-electron chi connectivity index (χ0n) is 23.0. The molecule has 220 valence electrons. The van der Waals surface area contributed by atoms with Crippen LogP contribution in [0.25, 0.3) is 0 Å². The predicted molar refractivity (Wildman–Crippen MR) is 150 cm³/mol. The Kier molecular flexibility index (Phi) is 10.9. The number of ether oxygens (including phenoxy) is 1. The largest absolute Gasteiger partial charge is 0.496 e. The van der Waals surface area contributed by atoms with Crippen molar-refractivity contribution in [3.63, 3.8) is 0 Å². The van der Waals surface area contributed by atoms with Gasteiger partial charge in [-0.25, -0.2) is 14.4 Å². The first kappa shape index (κ1) is 30.7. The van der Waals surface area contributed by atoms with E-state index in [4.69, 9.17) is 9.84 Å². The summed E-state index contributed by atoms with van der Waals surface area (Å²) in [5, 5.41) is 26.0. The number of aryl methyl sites for hydroxylation is 1. The number of carbonyl (C=O) groups is 5. The van der Waals surface area contributed by atoms with Gasteiger partial charge in [-0.05, 0) is 37.5 Å². The van der Waals surface area contributed by atoms with Gasteiger partial charge in [0, 0.05) is 55.6 Å². The van der Waals surface area contributed by atoms with Gasteiger partial charge < -0.3 is 40.7 Å². The first-order valence-corrected chi connectivity index (χ1v) is 13.2. The highest BCUT2D eigenvalue weighted by atomic mass is 16.5. The maximum atomic E-state index is 13.1. The summed E-state index contributed by atoms with van der Waals surface area (Å²) in [6.07, 6.45) is -0.0909. The van der Waals surface area contributed by atoms with Gasteiger partial charge in [0.2, 0.25) is 5.91 Å². The Morgan fingerprint density at radius 3 is 2.34 bits per heavy atom. The Labute approximate surface area is 237 Å². The highest BCUT2D eigenvalue weighted by Gasteiger charge is 2.27. The van der Waals surface area contributed by atoms with Crippen molar-refractivity contribution >= 4 is 41.3 Å². The van der Waals surface area contributed by atoms with Gasteiger partial charge in [0.05, 0.1) is 13.5 Å². The number of urea groups is 2. The van der Waals surface area contributed by atoms with Crippen molar-refractivity contribution in [1.82, 2.24) is 15.1 Å². The predicted octanol–water partition coefficient (Wildman–Crippen LogP) is 2.75. The number of carboxylic acids is 2. The molecule has 3 rings (SSSR count). The summed E-state index contributed by atoms with van der Waals surface area (Å²) in [5.74, 6) is -2.20. The minimum atomic E-state index is -1.32. The number of rotatable bonds is 10. The van der Waals surface area contributed by atoms with Crippen LogP contribution in [0.4, 0.5) is 21.0 Å². The molecule has 0 radical (unpaired) electrons. The van der Waals surface area contributed by atoms with Crippen molar-refractivity contribution in [2.45, 2.75) is 38.6 Å². The van der Waals surface area contributed by atoms with Crippen molar-refractivity contribution in [1.29, 1.82) is 0 Å². The van der Waals surface area contributed by atoms with Crippen LogP contribution in [-0.4, -0.2) is 89.3 Å². The first-order valence-electron chi connectivity index (χ1n) is 13.2. The molecule has 5 N–H and O–H groups in total. The smallest absolute Gasteiger partial charge is 0.326 e.